The molecule has 2 saturated heterocycles. The lowest BCUT2D eigenvalue weighted by atomic mass is 9.77. The van der Waals surface area contributed by atoms with Crippen molar-refractivity contribution in [1.82, 2.24) is 39.7 Å². The molecule has 0 spiro atoms. The molecule has 2 atom stereocenters. The number of nitrogens with two attached hydrogens (primary N) is 1. The van der Waals surface area contributed by atoms with Crippen molar-refractivity contribution < 1.29 is 14.7 Å². The first-order valence-electron chi connectivity index (χ1n) is 13.8. The number of aliphatic hydroxyl groups is 1. The number of aryl methyl sites for hydroxylation is 1. The predicted octanol–water partition coefficient (Wildman–Crippen LogP) is 2.92. The van der Waals surface area contributed by atoms with Crippen molar-refractivity contribution in [2.45, 2.75) is 82.4 Å². The summed E-state index contributed by atoms with van der Waals surface area (Å²) in [7, 11) is 0. The lowest BCUT2D eigenvalue weighted by Gasteiger charge is -2.38. The molecule has 2 unspecified atom stereocenters. The molecule has 206 valence electrons. The third kappa shape index (κ3) is 3.73. The van der Waals surface area contributed by atoms with Crippen LogP contribution in [0.3, 0.4) is 0 Å². The van der Waals surface area contributed by atoms with Crippen LogP contribution in [0.25, 0.3) is 16.8 Å². The minimum absolute atomic E-state index is 0.00699. The summed E-state index contributed by atoms with van der Waals surface area (Å²) < 4.78 is 1.52. The van der Waals surface area contributed by atoms with Crippen LogP contribution in [0.1, 0.15) is 96.0 Å². The van der Waals surface area contributed by atoms with Gasteiger partial charge in [-0.1, -0.05) is 6.07 Å². The molecule has 0 radical (unpaired) electrons. The normalized spacial score (nSPS) is 23.4. The first-order valence-corrected chi connectivity index (χ1v) is 13.8. The molecule has 4 N–H and O–H groups in total. The number of piperidine rings is 1. The summed E-state index contributed by atoms with van der Waals surface area (Å²) in [6.45, 7) is 3.27. The second-order valence-corrected chi connectivity index (χ2v) is 11.4. The maximum absolute atomic E-state index is 13.3. The summed E-state index contributed by atoms with van der Waals surface area (Å²) in [5.74, 6) is 0.678. The molecular formula is C28H31N9O3. The Morgan fingerprint density at radius 3 is 2.45 bits per heavy atom. The largest absolute Gasteiger partial charge is 0.384 e. The number of hydrogen-bond donors (Lipinski definition) is 3. The van der Waals surface area contributed by atoms with Crippen LogP contribution in [0.2, 0.25) is 0 Å². The number of nitrogens with zero attached hydrogens (tertiary/aromatic N) is 7. The van der Waals surface area contributed by atoms with Crippen LogP contribution in [0, 0.1) is 6.92 Å². The lowest BCUT2D eigenvalue weighted by Crippen LogP contribution is -2.46. The van der Waals surface area contributed by atoms with E-state index < -0.39 is 5.60 Å². The summed E-state index contributed by atoms with van der Waals surface area (Å²) in [6, 6.07) is 3.79. The van der Waals surface area contributed by atoms with Crippen molar-refractivity contribution in [2.24, 2.45) is 0 Å². The number of hydrogen-bond acceptors (Lipinski definition) is 9. The van der Waals surface area contributed by atoms with E-state index in [0.717, 1.165) is 43.2 Å². The second kappa shape index (κ2) is 8.91. The molecule has 6 heterocycles. The highest BCUT2D eigenvalue weighted by Crippen LogP contribution is 2.45. The maximum Gasteiger partial charge on any atom is 0.294 e. The third-order valence-corrected chi connectivity index (χ3v) is 8.94. The standard InChI is InChI=1S/C28H31N9O3/c1-14(38)22-23(17-10-18-5-6-19(11-17)36(18)27(39)25-32-15(2)34-35-25)33-26-20(13-31-37(26)24(22)29)16-4-7-21(30-12-16)28(40)8-3-9-28/h4,7,12-13,17-19,40H,3,5-6,8-11,29H2,1-2H3,(H,32,34,35). The van der Waals surface area contributed by atoms with Crippen molar-refractivity contribution in [3.8, 4) is 11.1 Å². The molecule has 2 aliphatic heterocycles. The number of pyridine rings is 1. The van der Waals surface area contributed by atoms with Gasteiger partial charge in [0.1, 0.15) is 17.2 Å². The molecule has 1 aliphatic carbocycles. The van der Waals surface area contributed by atoms with Crippen molar-refractivity contribution in [3.63, 3.8) is 0 Å². The van der Waals surface area contributed by atoms with Crippen LogP contribution in [0.15, 0.2) is 24.5 Å². The van der Waals surface area contributed by atoms with E-state index >= 15 is 0 Å². The fraction of sp³-hybridized carbons (Fsp3) is 0.464. The van der Waals surface area contributed by atoms with Crippen LogP contribution < -0.4 is 5.73 Å². The molecule has 1 amide bonds. The van der Waals surface area contributed by atoms with Gasteiger partial charge in [-0.25, -0.2) is 9.97 Å². The smallest absolute Gasteiger partial charge is 0.294 e. The number of fused-ring (bicyclic) bond motifs is 3. The molecular weight excluding hydrogens is 510 g/mol. The zero-order valence-electron chi connectivity index (χ0n) is 22.5. The van der Waals surface area contributed by atoms with Gasteiger partial charge >= 0.3 is 0 Å². The predicted molar refractivity (Wildman–Crippen MR) is 144 cm³/mol. The van der Waals surface area contributed by atoms with Crippen molar-refractivity contribution in [3.05, 3.63) is 53.1 Å². The molecule has 1 saturated carbocycles. The molecule has 2 bridgehead atoms. The number of nitrogen functional groups attached to an aromatic ring is 1. The number of aromatic nitrogens is 7. The first-order chi connectivity index (χ1) is 19.2. The van der Waals surface area contributed by atoms with Crippen molar-refractivity contribution in [1.29, 1.82) is 0 Å². The summed E-state index contributed by atoms with van der Waals surface area (Å²) in [6.07, 6.45) is 8.95. The minimum Gasteiger partial charge on any atom is -0.384 e. The topological polar surface area (TPSA) is 168 Å². The van der Waals surface area contributed by atoms with Crippen LogP contribution in [-0.2, 0) is 5.60 Å². The lowest BCUT2D eigenvalue weighted by molar-refractivity contribution is -0.0426. The number of ketones is 1. The molecule has 3 fully saturated rings. The molecule has 4 aromatic heterocycles. The summed E-state index contributed by atoms with van der Waals surface area (Å²) in [4.78, 5) is 41.9. The van der Waals surface area contributed by atoms with Gasteiger partial charge in [-0.3, -0.25) is 19.7 Å². The number of carbonyl (C=O) groups excluding carboxylic acids is 2. The van der Waals surface area contributed by atoms with Gasteiger partial charge in [-0.2, -0.15) is 9.61 Å². The Hall–Kier alpha value is -4.19. The van der Waals surface area contributed by atoms with Crippen LogP contribution in [0.4, 0.5) is 5.82 Å². The van der Waals surface area contributed by atoms with E-state index in [4.69, 9.17) is 10.7 Å². The number of rotatable bonds is 5. The van der Waals surface area contributed by atoms with Gasteiger partial charge in [-0.05, 0) is 64.9 Å². The molecule has 3 aliphatic rings. The van der Waals surface area contributed by atoms with Gasteiger partial charge < -0.3 is 15.7 Å². The van der Waals surface area contributed by atoms with Gasteiger partial charge in [0.05, 0.1) is 23.1 Å². The Labute approximate surface area is 230 Å². The van der Waals surface area contributed by atoms with Crippen LogP contribution in [-0.4, -0.2) is 68.5 Å². The zero-order valence-corrected chi connectivity index (χ0v) is 22.5. The second-order valence-electron chi connectivity index (χ2n) is 11.4. The van der Waals surface area contributed by atoms with Gasteiger partial charge in [0.25, 0.3) is 5.91 Å². The third-order valence-electron chi connectivity index (χ3n) is 8.94. The van der Waals surface area contributed by atoms with E-state index in [1.54, 1.807) is 19.3 Å². The average Bonchev–Trinajstić information content (AvgIpc) is 3.62. The Morgan fingerprint density at radius 2 is 1.88 bits per heavy atom. The summed E-state index contributed by atoms with van der Waals surface area (Å²) in [5, 5.41) is 22.0. The van der Waals surface area contributed by atoms with Gasteiger partial charge in [0, 0.05) is 35.3 Å². The molecule has 40 heavy (non-hydrogen) atoms. The summed E-state index contributed by atoms with van der Waals surface area (Å²) >= 11 is 0. The van der Waals surface area contributed by atoms with Crippen molar-refractivity contribution in [2.75, 3.05) is 5.73 Å². The minimum atomic E-state index is -0.840. The van der Waals surface area contributed by atoms with E-state index in [1.807, 2.05) is 17.0 Å². The van der Waals surface area contributed by atoms with E-state index in [2.05, 4.69) is 25.3 Å². The highest BCUT2D eigenvalue weighted by Gasteiger charge is 2.46. The van der Waals surface area contributed by atoms with Gasteiger partial charge in [0.15, 0.2) is 11.4 Å². The van der Waals surface area contributed by atoms with E-state index in [-0.39, 0.29) is 41.3 Å². The number of Topliss-reactive ketones (excluding diaryl/α,β-unsaturated/α-hetero) is 1. The zero-order chi connectivity index (χ0) is 27.8. The van der Waals surface area contributed by atoms with Crippen LogP contribution >= 0.6 is 0 Å². The number of aromatic amines is 1. The van der Waals surface area contributed by atoms with Gasteiger partial charge in [-0.15, -0.1) is 5.10 Å². The monoisotopic (exact) mass is 541 g/mol. The molecule has 12 heteroatoms. The van der Waals surface area contributed by atoms with E-state index in [0.29, 0.717) is 41.3 Å². The van der Waals surface area contributed by atoms with E-state index in [1.165, 1.54) is 11.4 Å². The molecule has 4 aromatic rings. The Bertz CT molecular complexity index is 1640. The first kappa shape index (κ1) is 24.8. The number of carbonyl (C=O) groups is 2. The Balaban J connectivity index is 1.25. The Morgan fingerprint density at radius 1 is 1.12 bits per heavy atom. The highest BCUT2D eigenvalue weighted by molar-refractivity contribution is 6.00. The summed E-state index contributed by atoms with van der Waals surface area (Å²) in [5.41, 5.74) is 9.55. The maximum atomic E-state index is 13.3. The fourth-order valence-electron chi connectivity index (χ4n) is 6.77. The molecule has 7 rings (SSSR count). The SMILES string of the molecule is CC(=O)c1c(C2CC3CCC(C2)N3C(=O)c2n[nH]c(C)n2)nc2c(-c3ccc(C4(O)CCC4)nc3)cnn2c1N. The quantitative estimate of drug-likeness (QED) is 0.322. The molecule has 0 aromatic carbocycles. The number of anilines is 1. The number of H-pyrrole nitrogens is 1. The number of nitrogens with one attached hydrogen (secondary N) is 1. The van der Waals surface area contributed by atoms with E-state index in [9.17, 15) is 14.7 Å². The Kier molecular flexibility index (Phi) is 5.53. The fourth-order valence-corrected chi connectivity index (χ4v) is 6.77. The van der Waals surface area contributed by atoms with Crippen molar-refractivity contribution >= 4 is 23.2 Å². The van der Waals surface area contributed by atoms with Gasteiger partial charge in [0.2, 0.25) is 5.82 Å². The van der Waals surface area contributed by atoms with Crippen LogP contribution in [0.5, 0.6) is 0 Å². The average molecular weight is 542 g/mol. The highest BCUT2D eigenvalue weighted by atomic mass is 16.3. The number of amides is 1. The molecule has 12 nitrogen and oxygen atoms in total.